The van der Waals surface area contributed by atoms with E-state index >= 15 is 0 Å². The second kappa shape index (κ2) is 9.34. The van der Waals surface area contributed by atoms with Crippen molar-refractivity contribution in [2.24, 2.45) is 0 Å². The quantitative estimate of drug-likeness (QED) is 0.652. The number of ether oxygens (including phenoxy) is 1. The molecule has 0 saturated carbocycles. The third-order valence-corrected chi connectivity index (χ3v) is 5.57. The molecule has 2 N–H and O–H groups in total. The number of nitrogens with one attached hydrogen (secondary N) is 2. The first-order chi connectivity index (χ1) is 13.3. The molecule has 0 aliphatic carbocycles. The van der Waals surface area contributed by atoms with Crippen LogP contribution < -0.4 is 10.6 Å². The number of hydrogen-bond donors (Lipinski definition) is 2. The number of sulfonamides is 1. The molecule has 0 bridgehead atoms. The second-order valence-corrected chi connectivity index (χ2v) is 8.13. The normalized spacial score (nSPS) is 11.1. The lowest BCUT2D eigenvalue weighted by Crippen LogP contribution is -2.24. The number of benzene rings is 2. The van der Waals surface area contributed by atoms with Gasteiger partial charge in [-0.3, -0.25) is 4.79 Å². The lowest BCUT2D eigenvalue weighted by molar-refractivity contribution is -0.114. The smallest absolute Gasteiger partial charge is 0.340 e. The third kappa shape index (κ3) is 5.30. The highest BCUT2D eigenvalue weighted by Crippen LogP contribution is 2.19. The Bertz CT molecular complexity index is 958. The summed E-state index contributed by atoms with van der Waals surface area (Å²) in [7, 11) is -0.669. The first-order valence-corrected chi connectivity index (χ1v) is 10.0. The van der Waals surface area contributed by atoms with Gasteiger partial charge in [0.25, 0.3) is 0 Å². The number of rotatable bonds is 8. The molecule has 0 aliphatic heterocycles. The average molecular weight is 405 g/mol. The van der Waals surface area contributed by atoms with Crippen molar-refractivity contribution in [3.05, 3.63) is 54.1 Å². The summed E-state index contributed by atoms with van der Waals surface area (Å²) in [5.74, 6) is -0.912. The van der Waals surface area contributed by atoms with Gasteiger partial charge in [-0.15, -0.1) is 0 Å². The Balaban J connectivity index is 2.06. The summed E-state index contributed by atoms with van der Waals surface area (Å²) in [6, 6.07) is 12.7. The number of hydrogen-bond acceptors (Lipinski definition) is 6. The van der Waals surface area contributed by atoms with Crippen molar-refractivity contribution in [1.29, 1.82) is 0 Å². The van der Waals surface area contributed by atoms with Gasteiger partial charge in [-0.05, 0) is 37.3 Å². The van der Waals surface area contributed by atoms with E-state index in [1.54, 1.807) is 43.3 Å². The van der Waals surface area contributed by atoms with E-state index in [1.165, 1.54) is 26.2 Å². The van der Waals surface area contributed by atoms with E-state index in [1.807, 2.05) is 0 Å². The van der Waals surface area contributed by atoms with Crippen LogP contribution in [0.5, 0.6) is 0 Å². The maximum atomic E-state index is 12.3. The minimum Gasteiger partial charge on any atom is -0.462 e. The fourth-order valence-electron chi connectivity index (χ4n) is 2.33. The number of para-hydroxylation sites is 1. The van der Waals surface area contributed by atoms with Crippen LogP contribution in [0, 0.1) is 0 Å². The molecule has 2 rings (SSSR count). The van der Waals surface area contributed by atoms with Gasteiger partial charge in [0.05, 0.1) is 29.3 Å². The van der Waals surface area contributed by atoms with E-state index in [9.17, 15) is 18.0 Å². The summed E-state index contributed by atoms with van der Waals surface area (Å²) in [6.07, 6.45) is 0. The van der Waals surface area contributed by atoms with Gasteiger partial charge in [-0.2, -0.15) is 0 Å². The molecule has 2 aromatic rings. The fourth-order valence-corrected chi connectivity index (χ4v) is 3.28. The van der Waals surface area contributed by atoms with Crippen molar-refractivity contribution in [3.63, 3.8) is 0 Å². The molecule has 1 amide bonds. The van der Waals surface area contributed by atoms with Gasteiger partial charge < -0.3 is 15.4 Å². The Morgan fingerprint density at radius 1 is 1.07 bits per heavy atom. The van der Waals surface area contributed by atoms with Crippen molar-refractivity contribution < 1.29 is 22.7 Å². The van der Waals surface area contributed by atoms with Gasteiger partial charge >= 0.3 is 5.97 Å². The summed E-state index contributed by atoms with van der Waals surface area (Å²) < 4.78 is 30.5. The number of anilines is 2. The largest absolute Gasteiger partial charge is 0.462 e. The molecule has 0 spiro atoms. The van der Waals surface area contributed by atoms with Gasteiger partial charge in [-0.25, -0.2) is 17.5 Å². The highest BCUT2D eigenvalue weighted by atomic mass is 32.2. The Labute approximate surface area is 164 Å². The molecule has 9 heteroatoms. The molecule has 0 heterocycles. The molecule has 0 radical (unpaired) electrons. The SMILES string of the molecule is CCOC(=O)c1ccccc1NC(=O)CNc1cccc(S(=O)(=O)N(C)C)c1. The van der Waals surface area contributed by atoms with Gasteiger partial charge in [0.15, 0.2) is 0 Å². The summed E-state index contributed by atoms with van der Waals surface area (Å²) in [4.78, 5) is 24.3. The minimum atomic E-state index is -3.57. The summed E-state index contributed by atoms with van der Waals surface area (Å²) in [5.41, 5.74) is 1.09. The molecule has 0 aliphatic rings. The van der Waals surface area contributed by atoms with Crippen LogP contribution in [0.3, 0.4) is 0 Å². The van der Waals surface area contributed by atoms with Crippen molar-refractivity contribution in [2.75, 3.05) is 37.9 Å². The Kier molecular flexibility index (Phi) is 7.13. The topological polar surface area (TPSA) is 105 Å². The van der Waals surface area contributed by atoms with E-state index in [2.05, 4.69) is 10.6 Å². The van der Waals surface area contributed by atoms with E-state index in [-0.39, 0.29) is 23.6 Å². The molecule has 8 nitrogen and oxygen atoms in total. The Morgan fingerprint density at radius 2 is 1.79 bits per heavy atom. The van der Waals surface area contributed by atoms with Gasteiger partial charge in [0.1, 0.15) is 0 Å². The summed E-state index contributed by atoms with van der Waals surface area (Å²) in [6.45, 7) is 1.82. The maximum absolute atomic E-state index is 12.3. The van der Waals surface area contributed by atoms with Crippen LogP contribution in [-0.2, 0) is 19.6 Å². The summed E-state index contributed by atoms with van der Waals surface area (Å²) in [5, 5.41) is 5.53. The zero-order valence-electron chi connectivity index (χ0n) is 15.9. The number of nitrogens with zero attached hydrogens (tertiary/aromatic N) is 1. The van der Waals surface area contributed by atoms with Crippen molar-refractivity contribution in [1.82, 2.24) is 4.31 Å². The fraction of sp³-hybridized carbons (Fsp3) is 0.263. The first kappa shape index (κ1) is 21.4. The van der Waals surface area contributed by atoms with Crippen molar-refractivity contribution in [2.45, 2.75) is 11.8 Å². The van der Waals surface area contributed by atoms with E-state index in [0.717, 1.165) is 4.31 Å². The van der Waals surface area contributed by atoms with Crippen molar-refractivity contribution in [3.8, 4) is 0 Å². The summed E-state index contributed by atoms with van der Waals surface area (Å²) >= 11 is 0. The molecule has 0 aromatic heterocycles. The lowest BCUT2D eigenvalue weighted by Gasteiger charge is -2.13. The highest BCUT2D eigenvalue weighted by Gasteiger charge is 2.17. The highest BCUT2D eigenvalue weighted by molar-refractivity contribution is 7.89. The molecular formula is C19H23N3O5S. The van der Waals surface area contributed by atoms with E-state index in [0.29, 0.717) is 11.4 Å². The molecule has 2 aromatic carbocycles. The Morgan fingerprint density at radius 3 is 2.46 bits per heavy atom. The Hall–Kier alpha value is -2.91. The molecule has 0 fully saturated rings. The van der Waals surface area contributed by atoms with Crippen LogP contribution in [0.4, 0.5) is 11.4 Å². The average Bonchev–Trinajstić information content (AvgIpc) is 2.67. The molecule has 150 valence electrons. The van der Waals surface area contributed by atoms with Crippen LogP contribution in [0.25, 0.3) is 0 Å². The number of carbonyl (C=O) groups is 2. The van der Waals surface area contributed by atoms with Crippen LogP contribution in [0.1, 0.15) is 17.3 Å². The first-order valence-electron chi connectivity index (χ1n) is 8.58. The second-order valence-electron chi connectivity index (χ2n) is 5.98. The van der Waals surface area contributed by atoms with Gasteiger partial charge in [0.2, 0.25) is 15.9 Å². The predicted octanol–water partition coefficient (Wildman–Crippen LogP) is 2.16. The third-order valence-electron chi connectivity index (χ3n) is 3.76. The van der Waals surface area contributed by atoms with Crippen LogP contribution >= 0.6 is 0 Å². The lowest BCUT2D eigenvalue weighted by atomic mass is 10.2. The zero-order chi connectivity index (χ0) is 20.7. The molecule has 28 heavy (non-hydrogen) atoms. The number of carbonyl (C=O) groups excluding carboxylic acids is 2. The zero-order valence-corrected chi connectivity index (χ0v) is 16.7. The predicted molar refractivity (Wildman–Crippen MR) is 107 cm³/mol. The monoisotopic (exact) mass is 405 g/mol. The molecule has 0 unspecified atom stereocenters. The van der Waals surface area contributed by atoms with Crippen molar-refractivity contribution >= 4 is 33.3 Å². The maximum Gasteiger partial charge on any atom is 0.340 e. The van der Waals surface area contributed by atoms with Gasteiger partial charge in [0, 0.05) is 19.8 Å². The van der Waals surface area contributed by atoms with Crippen LogP contribution in [-0.4, -0.2) is 51.8 Å². The molecule has 0 saturated heterocycles. The van der Waals surface area contributed by atoms with Crippen LogP contribution in [0.15, 0.2) is 53.4 Å². The van der Waals surface area contributed by atoms with Gasteiger partial charge in [-0.1, -0.05) is 18.2 Å². The van der Waals surface area contributed by atoms with E-state index in [4.69, 9.17) is 4.74 Å². The number of amides is 1. The minimum absolute atomic E-state index is 0.109. The number of esters is 1. The van der Waals surface area contributed by atoms with Crippen LogP contribution in [0.2, 0.25) is 0 Å². The molecule has 0 atom stereocenters. The van der Waals surface area contributed by atoms with E-state index < -0.39 is 21.9 Å². The standard InChI is InChI=1S/C19H23N3O5S/c1-4-27-19(24)16-10-5-6-11-17(16)21-18(23)13-20-14-8-7-9-15(12-14)28(25,26)22(2)3/h5-12,20H,4,13H2,1-3H3,(H,21,23). The molecular weight excluding hydrogens is 382 g/mol.